The molecule has 25 heteroatoms. The van der Waals surface area contributed by atoms with E-state index in [0.717, 1.165) is 33.4 Å². The monoisotopic (exact) mass is 1580 g/mol. The molecule has 0 bridgehead atoms. The van der Waals surface area contributed by atoms with Crippen LogP contribution in [0.4, 0.5) is 0 Å². The number of methoxy groups -OCH3 is 3. The second-order valence-electron chi connectivity index (χ2n) is 17.3. The van der Waals surface area contributed by atoms with Gasteiger partial charge in [-0.3, -0.25) is 33.9 Å². The number of rotatable bonds is 27. The number of amides is 2. The molecular formula is C70H110Br3Cl3N6O13. The molecule has 0 saturated heterocycles. The van der Waals surface area contributed by atoms with Crippen LogP contribution in [0.15, 0.2) is 141 Å². The van der Waals surface area contributed by atoms with Gasteiger partial charge in [0, 0.05) is 76.4 Å². The maximum atomic E-state index is 12.7. The number of hydrogen-bond acceptors (Lipinski definition) is 17. The molecule has 6 aromatic rings. The first-order chi connectivity index (χ1) is 41.4. The van der Waals surface area contributed by atoms with E-state index < -0.39 is 0 Å². The van der Waals surface area contributed by atoms with Crippen molar-refractivity contribution >= 4 is 118 Å². The highest BCUT2D eigenvalue weighted by Gasteiger charge is 2.21. The summed E-state index contributed by atoms with van der Waals surface area (Å²) in [5.74, 6) is -0.669. The van der Waals surface area contributed by atoms with E-state index in [0.29, 0.717) is 69.6 Å². The molecule has 4 aromatic heterocycles. The highest BCUT2D eigenvalue weighted by molar-refractivity contribution is 9.10. The normalized spacial score (nSPS) is 10.3. The smallest absolute Gasteiger partial charge is 0.319 e. The molecule has 0 radical (unpaired) electrons. The van der Waals surface area contributed by atoms with Crippen molar-refractivity contribution in [2.45, 2.75) is 135 Å². The molecule has 4 heterocycles. The molecule has 4 unspecified atom stereocenters. The van der Waals surface area contributed by atoms with Crippen LogP contribution in [0.2, 0.25) is 0 Å². The van der Waals surface area contributed by atoms with E-state index >= 15 is 0 Å². The number of carbonyl (C=O) groups excluding carboxylic acids is 5. The average molecular weight is 1590 g/mol. The average Bonchev–Trinajstić information content (AvgIpc) is 0.899. The van der Waals surface area contributed by atoms with Crippen molar-refractivity contribution in [3.8, 4) is 11.8 Å². The lowest BCUT2D eigenvalue weighted by Crippen LogP contribution is -2.23. The number of aliphatic hydroxyl groups is 1. The molecule has 0 aliphatic rings. The molecule has 2 aromatic carbocycles. The maximum absolute atomic E-state index is 12.7. The van der Waals surface area contributed by atoms with Crippen molar-refractivity contribution in [2.24, 2.45) is 5.92 Å². The number of halogens is 6. The molecule has 0 saturated carbocycles. The lowest BCUT2D eigenvalue weighted by molar-refractivity contribution is -0.149. The fourth-order valence-electron chi connectivity index (χ4n) is 6.14. The van der Waals surface area contributed by atoms with Crippen molar-refractivity contribution < 1.29 is 62.2 Å². The van der Waals surface area contributed by atoms with E-state index in [4.69, 9.17) is 63.6 Å². The van der Waals surface area contributed by atoms with Crippen LogP contribution in [0.25, 0.3) is 6.08 Å². The van der Waals surface area contributed by atoms with E-state index in [9.17, 15) is 24.0 Å². The zero-order valence-corrected chi connectivity index (χ0v) is 55.7. The van der Waals surface area contributed by atoms with Crippen LogP contribution in [0.5, 0.6) is 11.8 Å². The summed E-state index contributed by atoms with van der Waals surface area (Å²) >= 11 is 24.2. The fraction of sp³-hybridized carbons (Fsp3) is 0.443. The Morgan fingerprint density at radius 3 is 1.25 bits per heavy atom. The van der Waals surface area contributed by atoms with Gasteiger partial charge in [0.1, 0.15) is 42.4 Å². The van der Waals surface area contributed by atoms with Crippen LogP contribution < -0.4 is 20.1 Å². The number of pyridine rings is 4. The zero-order chi connectivity index (χ0) is 63.9. The Morgan fingerprint density at radius 1 is 0.547 bits per heavy atom. The van der Waals surface area contributed by atoms with Crippen molar-refractivity contribution in [3.05, 3.63) is 185 Å². The van der Waals surface area contributed by atoms with Gasteiger partial charge < -0.3 is 48.9 Å². The molecular weight excluding hydrogens is 1480 g/mol. The number of alkyl halides is 5. The largest absolute Gasteiger partial charge is 0.472 e. The number of aromatic nitrogens is 4. The highest BCUT2D eigenvalue weighted by Crippen LogP contribution is 2.31. The summed E-state index contributed by atoms with van der Waals surface area (Å²) in [5.41, 5.74) is 6.60. The van der Waals surface area contributed by atoms with Crippen molar-refractivity contribution in [1.29, 1.82) is 0 Å². The molecule has 4 atom stereocenters. The first kappa shape index (κ1) is 108. The summed E-state index contributed by atoms with van der Waals surface area (Å²) in [4.78, 5) is 73.9. The third-order valence-corrected chi connectivity index (χ3v) is 12.9. The number of nitrogens with zero attached hydrogens (tertiary/aromatic N) is 4. The van der Waals surface area contributed by atoms with Crippen LogP contribution >= 0.6 is 82.6 Å². The van der Waals surface area contributed by atoms with E-state index in [1.54, 1.807) is 103 Å². The predicted molar refractivity (Wildman–Crippen MR) is 406 cm³/mol. The molecule has 6 rings (SSSR count). The molecule has 0 fully saturated rings. The van der Waals surface area contributed by atoms with Crippen molar-refractivity contribution in [3.63, 3.8) is 0 Å². The number of hydrogen-bond donors (Lipinski definition) is 3. The van der Waals surface area contributed by atoms with E-state index in [1.165, 1.54) is 0 Å². The lowest BCUT2D eigenvalue weighted by atomic mass is 10.0. The highest BCUT2D eigenvalue weighted by atomic mass is 79.9. The number of carbonyl (C=O) groups is 5. The van der Waals surface area contributed by atoms with Gasteiger partial charge in [0.05, 0.1) is 42.5 Å². The Bertz CT molecular complexity index is 2820. The SMILES string of the molecule is C.C.C.C.C.C.C.C.C.C=Cc1ccc(COc2ncccc2C(=O)NCc2cccnc2)cc1.CC(Br)C(=O)Cl.COCCO.COCCOC(=O)C(C)Br.COCCOC(=O)C(C)CC(Br)c1ccc(COc2ncccc2C(=O)NCc2cccnc2)cc1.ClCCl. The summed E-state index contributed by atoms with van der Waals surface area (Å²) in [7, 11) is 4.68. The third-order valence-electron chi connectivity index (χ3n) is 10.7. The first-order valence-electron chi connectivity index (χ1n) is 26.3. The number of esters is 2. The number of aliphatic hydroxyl groups excluding tert-OH is 1. The van der Waals surface area contributed by atoms with E-state index in [1.807, 2.05) is 79.7 Å². The minimum atomic E-state index is -0.352. The van der Waals surface area contributed by atoms with Gasteiger partial charge >= 0.3 is 11.9 Å². The number of benzene rings is 2. The van der Waals surface area contributed by atoms with Crippen LogP contribution in [0, 0.1) is 5.92 Å². The topological polar surface area (TPSA) is 246 Å². The van der Waals surface area contributed by atoms with Crippen molar-refractivity contribution in [1.82, 2.24) is 30.6 Å². The second-order valence-corrected chi connectivity index (χ2v) is 22.4. The molecule has 19 nitrogen and oxygen atoms in total. The van der Waals surface area contributed by atoms with Gasteiger partial charge in [-0.2, -0.15) is 0 Å². The Labute approximate surface area is 610 Å². The van der Waals surface area contributed by atoms with Crippen LogP contribution in [-0.4, -0.2) is 130 Å². The van der Waals surface area contributed by atoms with Gasteiger partial charge in [0.25, 0.3) is 11.8 Å². The summed E-state index contributed by atoms with van der Waals surface area (Å²) in [5, 5.41) is 13.5. The Morgan fingerprint density at radius 2 is 0.926 bits per heavy atom. The molecule has 0 spiro atoms. The molecule has 0 aliphatic heterocycles. The van der Waals surface area contributed by atoms with Gasteiger partial charge in [0.15, 0.2) is 0 Å². The molecule has 540 valence electrons. The summed E-state index contributed by atoms with van der Waals surface area (Å²) in [6.07, 6.45) is 12.4. The first-order valence-corrected chi connectivity index (χ1v) is 30.5. The molecule has 95 heavy (non-hydrogen) atoms. The molecule has 2 amide bonds. The summed E-state index contributed by atoms with van der Waals surface area (Å²) < 4.78 is 35.6. The van der Waals surface area contributed by atoms with Gasteiger partial charge in [-0.1, -0.05) is 195 Å². The lowest BCUT2D eigenvalue weighted by Gasteiger charge is -2.16. The molecule has 0 aliphatic carbocycles. The van der Waals surface area contributed by atoms with Gasteiger partial charge in [-0.15, -0.1) is 23.2 Å². The Kier molecular flexibility index (Phi) is 77.2. The quantitative estimate of drug-likeness (QED) is 0.0188. The predicted octanol–water partition coefficient (Wildman–Crippen LogP) is 17.5. The van der Waals surface area contributed by atoms with Gasteiger partial charge in [-0.25, -0.2) is 9.97 Å². The zero-order valence-electron chi connectivity index (χ0n) is 48.7. The van der Waals surface area contributed by atoms with E-state index in [2.05, 4.69) is 94.4 Å². The minimum absolute atomic E-state index is 0. The van der Waals surface area contributed by atoms with Crippen LogP contribution in [-0.2, 0) is 64.4 Å². The van der Waals surface area contributed by atoms with E-state index in [-0.39, 0.29) is 147 Å². The summed E-state index contributed by atoms with van der Waals surface area (Å²) in [6.45, 7) is 12.3. The number of nitrogens with one attached hydrogen (secondary N) is 2. The van der Waals surface area contributed by atoms with Crippen LogP contribution in [0.1, 0.15) is 153 Å². The Hall–Kier alpha value is -5.92. The van der Waals surface area contributed by atoms with Crippen LogP contribution in [0.3, 0.4) is 0 Å². The van der Waals surface area contributed by atoms with Gasteiger partial charge in [0.2, 0.25) is 17.0 Å². The second kappa shape index (κ2) is 68.0. The third kappa shape index (κ3) is 50.1. The maximum Gasteiger partial charge on any atom is 0.319 e. The fourth-order valence-corrected chi connectivity index (χ4v) is 7.13. The minimum Gasteiger partial charge on any atom is -0.472 e. The molecule has 3 N–H and O–H groups in total. The number of ether oxygens (including phenoxy) is 7. The van der Waals surface area contributed by atoms with Crippen molar-refractivity contribution in [2.75, 3.05) is 66.3 Å². The standard InChI is InChI=1S/C27H30BrN3O5.C21H19N3O2.C6H11BrO3.C3H4BrClO.C3H8O2.CH2Cl2.9CH4/c1-19(27(33)35-14-13-34-2)15-24(28)22-9-7-20(8-10-22)18-36-26-23(6-4-12-30-26)25(32)31-17-21-5-3-11-29-16-21;1-2-16-7-9-17(10-8-16)15-26-21-19(6-4-12-23-21)20(25)24-14-18-5-3-11-22-13-18;1-5(7)6(8)10-4-3-9-2;1-2(4)3(5)6;1-5-3-2-4;2-1-3;;;;;;;;;/h3-12,16,19,24H,13-15,17-18H2,1-2H3,(H,31,32);2-13H,1,14-15H2,(H,24,25);5H,3-4H2,1-2H3;2H,1H3;4H,2-3H2,1H3;1H2;9*1H4. The Balaban J connectivity index is -0.000000157. The van der Waals surface area contributed by atoms with Gasteiger partial charge in [-0.05, 0) is 102 Å². The summed E-state index contributed by atoms with van der Waals surface area (Å²) in [6, 6.07) is 30.0.